The van der Waals surface area contributed by atoms with E-state index in [1.54, 1.807) is 0 Å². The molecule has 246 valence electrons. The molecular formula is C49H29N3O. The zero-order chi connectivity index (χ0) is 34.9. The molecular weight excluding hydrogens is 647 g/mol. The number of furan rings is 1. The van der Waals surface area contributed by atoms with Gasteiger partial charge in [0.05, 0.1) is 0 Å². The Balaban J connectivity index is 1.09. The first kappa shape index (κ1) is 29.5. The molecule has 2 heterocycles. The Kier molecular flexibility index (Phi) is 6.52. The van der Waals surface area contributed by atoms with E-state index >= 15 is 0 Å². The molecule has 11 rings (SSSR count). The summed E-state index contributed by atoms with van der Waals surface area (Å²) in [5.41, 5.74) is 14.1. The lowest BCUT2D eigenvalue weighted by Crippen LogP contribution is -2.00. The largest absolute Gasteiger partial charge is 0.456 e. The van der Waals surface area contributed by atoms with Crippen LogP contribution in [0.15, 0.2) is 180 Å². The van der Waals surface area contributed by atoms with Gasteiger partial charge in [-0.05, 0) is 73.5 Å². The molecule has 8 aromatic carbocycles. The minimum Gasteiger partial charge on any atom is -0.456 e. The normalized spacial score (nSPS) is 11.8. The van der Waals surface area contributed by atoms with Gasteiger partial charge in [-0.1, -0.05) is 158 Å². The van der Waals surface area contributed by atoms with Crippen molar-refractivity contribution in [2.75, 3.05) is 0 Å². The van der Waals surface area contributed by atoms with Gasteiger partial charge in [0.2, 0.25) is 0 Å². The lowest BCUT2D eigenvalue weighted by atomic mass is 9.93. The van der Waals surface area contributed by atoms with Crippen molar-refractivity contribution in [2.24, 2.45) is 0 Å². The van der Waals surface area contributed by atoms with E-state index in [4.69, 9.17) is 19.4 Å². The fraction of sp³-hybridized carbons (Fsp3) is 0. The minimum absolute atomic E-state index is 0.600. The monoisotopic (exact) mass is 675 g/mol. The summed E-state index contributed by atoms with van der Waals surface area (Å²) in [6.07, 6.45) is 0. The van der Waals surface area contributed by atoms with Crippen molar-refractivity contribution in [3.05, 3.63) is 176 Å². The molecule has 0 bridgehead atoms. The highest BCUT2D eigenvalue weighted by atomic mass is 16.3. The molecule has 10 aromatic rings. The standard InChI is InChI=1S/C49H29N3O/c1-2-11-30(12-3-1)31-23-25-32(26-24-31)47-50-48(52-49(51-47)42-20-10-22-44-46(42)41-17-6-7-21-43(41)53-44)34-14-8-13-33(29-34)35-27-28-40-37-16-5-4-15-36(37)39-19-9-18-38(35)45(39)40/h1-29H. The van der Waals surface area contributed by atoms with Crippen LogP contribution in [-0.2, 0) is 0 Å². The molecule has 1 aliphatic rings. The first-order valence-electron chi connectivity index (χ1n) is 17.9. The van der Waals surface area contributed by atoms with Crippen LogP contribution in [0.3, 0.4) is 0 Å². The predicted molar refractivity (Wildman–Crippen MR) is 216 cm³/mol. The van der Waals surface area contributed by atoms with Crippen LogP contribution in [0.5, 0.6) is 0 Å². The van der Waals surface area contributed by atoms with Gasteiger partial charge < -0.3 is 4.42 Å². The van der Waals surface area contributed by atoms with Gasteiger partial charge in [0.1, 0.15) is 11.2 Å². The molecule has 0 saturated heterocycles. The molecule has 2 aromatic heterocycles. The van der Waals surface area contributed by atoms with Crippen LogP contribution in [0.4, 0.5) is 0 Å². The van der Waals surface area contributed by atoms with E-state index in [-0.39, 0.29) is 0 Å². The molecule has 0 N–H and O–H groups in total. The second-order valence-corrected chi connectivity index (χ2v) is 13.5. The van der Waals surface area contributed by atoms with Gasteiger partial charge >= 0.3 is 0 Å². The third kappa shape index (κ3) is 4.73. The number of rotatable bonds is 5. The van der Waals surface area contributed by atoms with Crippen LogP contribution in [-0.4, -0.2) is 15.0 Å². The maximum Gasteiger partial charge on any atom is 0.164 e. The topological polar surface area (TPSA) is 51.8 Å². The van der Waals surface area contributed by atoms with Gasteiger partial charge in [-0.25, -0.2) is 15.0 Å². The Labute approximate surface area is 305 Å². The Morgan fingerprint density at radius 1 is 0.283 bits per heavy atom. The molecule has 0 fully saturated rings. The summed E-state index contributed by atoms with van der Waals surface area (Å²) in [5.74, 6) is 1.83. The van der Waals surface area contributed by atoms with Crippen molar-refractivity contribution in [1.82, 2.24) is 15.0 Å². The quantitative estimate of drug-likeness (QED) is 0.182. The Bertz CT molecular complexity index is 3020. The van der Waals surface area contributed by atoms with Crippen LogP contribution in [0.2, 0.25) is 0 Å². The Morgan fingerprint density at radius 3 is 1.66 bits per heavy atom. The number of hydrogen-bond acceptors (Lipinski definition) is 4. The highest BCUT2D eigenvalue weighted by Gasteiger charge is 2.23. The van der Waals surface area contributed by atoms with Crippen LogP contribution in [0.1, 0.15) is 0 Å². The summed E-state index contributed by atoms with van der Waals surface area (Å²) in [6, 6.07) is 61.5. The van der Waals surface area contributed by atoms with Crippen molar-refractivity contribution in [1.29, 1.82) is 0 Å². The van der Waals surface area contributed by atoms with E-state index in [0.29, 0.717) is 17.5 Å². The van der Waals surface area contributed by atoms with Gasteiger partial charge in [-0.3, -0.25) is 0 Å². The Morgan fingerprint density at radius 2 is 0.811 bits per heavy atom. The minimum atomic E-state index is 0.600. The van der Waals surface area contributed by atoms with Gasteiger partial charge in [0, 0.05) is 27.5 Å². The molecule has 0 atom stereocenters. The van der Waals surface area contributed by atoms with Gasteiger partial charge in [-0.15, -0.1) is 0 Å². The SMILES string of the molecule is c1ccc(-c2ccc(-c3nc(-c4cccc(-c5ccc6c7c(cccc57)-c5ccccc5-6)c4)nc(-c4cccc5oc6ccccc6c45)n3)cc2)cc1. The van der Waals surface area contributed by atoms with Crippen LogP contribution >= 0.6 is 0 Å². The highest BCUT2D eigenvalue weighted by Crippen LogP contribution is 2.49. The Hall–Kier alpha value is -7.17. The lowest BCUT2D eigenvalue weighted by Gasteiger charge is -2.12. The van der Waals surface area contributed by atoms with Gasteiger partial charge in [-0.2, -0.15) is 0 Å². The number of aromatic nitrogens is 3. The summed E-state index contributed by atoms with van der Waals surface area (Å²) >= 11 is 0. The summed E-state index contributed by atoms with van der Waals surface area (Å²) in [7, 11) is 0. The molecule has 0 saturated carbocycles. The molecule has 0 spiro atoms. The van der Waals surface area contributed by atoms with E-state index in [9.17, 15) is 0 Å². The molecule has 4 heteroatoms. The average Bonchev–Trinajstić information content (AvgIpc) is 3.78. The first-order chi connectivity index (χ1) is 26.3. The van der Waals surface area contributed by atoms with E-state index in [1.165, 1.54) is 44.2 Å². The highest BCUT2D eigenvalue weighted by molar-refractivity contribution is 6.18. The van der Waals surface area contributed by atoms with Crippen molar-refractivity contribution in [3.8, 4) is 78.7 Å². The van der Waals surface area contributed by atoms with Gasteiger partial charge in [0.15, 0.2) is 17.5 Å². The zero-order valence-corrected chi connectivity index (χ0v) is 28.5. The third-order valence-corrected chi connectivity index (χ3v) is 10.5. The van der Waals surface area contributed by atoms with Crippen molar-refractivity contribution in [3.63, 3.8) is 0 Å². The summed E-state index contributed by atoms with van der Waals surface area (Å²) < 4.78 is 6.27. The fourth-order valence-corrected chi connectivity index (χ4v) is 8.04. The third-order valence-electron chi connectivity index (χ3n) is 10.5. The number of hydrogen-bond donors (Lipinski definition) is 0. The van der Waals surface area contributed by atoms with E-state index in [2.05, 4.69) is 140 Å². The van der Waals surface area contributed by atoms with Crippen LogP contribution < -0.4 is 0 Å². The number of benzene rings is 8. The average molecular weight is 676 g/mol. The number of nitrogens with zero attached hydrogens (tertiary/aromatic N) is 3. The van der Waals surface area contributed by atoms with Crippen molar-refractivity contribution in [2.45, 2.75) is 0 Å². The van der Waals surface area contributed by atoms with Crippen LogP contribution in [0.25, 0.3) is 111 Å². The van der Waals surface area contributed by atoms with Crippen molar-refractivity contribution >= 4 is 32.7 Å². The summed E-state index contributed by atoms with van der Waals surface area (Å²) in [5, 5.41) is 4.57. The maximum absolute atomic E-state index is 6.27. The first-order valence-corrected chi connectivity index (χ1v) is 17.9. The molecule has 1 aliphatic carbocycles. The predicted octanol–water partition coefficient (Wildman–Crippen LogP) is 12.9. The van der Waals surface area contributed by atoms with Crippen LogP contribution in [0, 0.1) is 0 Å². The number of para-hydroxylation sites is 1. The van der Waals surface area contributed by atoms with E-state index < -0.39 is 0 Å². The summed E-state index contributed by atoms with van der Waals surface area (Å²) in [4.78, 5) is 15.5. The van der Waals surface area contributed by atoms with Gasteiger partial charge in [0.25, 0.3) is 0 Å². The molecule has 0 aliphatic heterocycles. The summed E-state index contributed by atoms with van der Waals surface area (Å²) in [6.45, 7) is 0. The molecule has 4 nitrogen and oxygen atoms in total. The smallest absolute Gasteiger partial charge is 0.164 e. The fourth-order valence-electron chi connectivity index (χ4n) is 8.04. The van der Waals surface area contributed by atoms with E-state index in [1.807, 2.05) is 36.4 Å². The lowest BCUT2D eigenvalue weighted by molar-refractivity contribution is 0.669. The molecule has 0 amide bonds. The van der Waals surface area contributed by atoms with Crippen molar-refractivity contribution < 1.29 is 4.42 Å². The molecule has 0 unspecified atom stereocenters. The number of fused-ring (bicyclic) bond motifs is 6. The second kappa shape index (κ2) is 11.7. The van der Waals surface area contributed by atoms with E-state index in [0.717, 1.165) is 49.8 Å². The maximum atomic E-state index is 6.27. The molecule has 53 heavy (non-hydrogen) atoms. The zero-order valence-electron chi connectivity index (χ0n) is 28.5. The molecule has 0 radical (unpaired) electrons. The second-order valence-electron chi connectivity index (χ2n) is 13.5.